The van der Waals surface area contributed by atoms with Gasteiger partial charge in [-0.25, -0.2) is 9.59 Å². The van der Waals surface area contributed by atoms with Crippen molar-refractivity contribution in [3.63, 3.8) is 0 Å². The molecular formula is C11H14O5. The number of carbonyl (C=O) groups excluding carboxylic acids is 2. The molecule has 0 N–H and O–H groups in total. The maximum Gasteiger partial charge on any atom is 0.343 e. The average Bonchev–Trinajstić information content (AvgIpc) is 2.47. The molecule has 88 valence electrons. The molecule has 1 rings (SSSR count). The van der Waals surface area contributed by atoms with E-state index in [-0.39, 0.29) is 12.4 Å². The molecule has 0 aromatic heterocycles. The molecule has 0 atom stereocenters. The molecule has 0 aromatic carbocycles. The first kappa shape index (κ1) is 12.3. The molecule has 0 aromatic rings. The lowest BCUT2D eigenvalue weighted by atomic mass is 10.2. The van der Waals surface area contributed by atoms with Crippen LogP contribution in [0.4, 0.5) is 0 Å². The van der Waals surface area contributed by atoms with Crippen LogP contribution in [0.5, 0.6) is 0 Å². The van der Waals surface area contributed by atoms with Gasteiger partial charge in [0.25, 0.3) is 0 Å². The second-order valence-corrected chi connectivity index (χ2v) is 3.04. The number of hydrogen-bond donors (Lipinski definition) is 0. The van der Waals surface area contributed by atoms with Crippen molar-refractivity contribution >= 4 is 11.9 Å². The van der Waals surface area contributed by atoms with Gasteiger partial charge in [-0.2, -0.15) is 0 Å². The van der Waals surface area contributed by atoms with E-state index in [4.69, 9.17) is 14.2 Å². The minimum atomic E-state index is -0.558. The lowest BCUT2D eigenvalue weighted by Gasteiger charge is -2.04. The predicted molar refractivity (Wildman–Crippen MR) is 55.1 cm³/mol. The third-order valence-electron chi connectivity index (χ3n) is 1.90. The first-order chi connectivity index (χ1) is 7.60. The zero-order valence-corrected chi connectivity index (χ0v) is 9.53. The van der Waals surface area contributed by atoms with Crippen LogP contribution in [0.15, 0.2) is 23.2 Å². The molecule has 5 nitrogen and oxygen atoms in total. The van der Waals surface area contributed by atoms with Crippen LogP contribution in [0.3, 0.4) is 0 Å². The fraction of sp³-hybridized carbons (Fsp3) is 0.455. The summed E-state index contributed by atoms with van der Waals surface area (Å²) in [6.45, 7) is 5.72. The van der Waals surface area contributed by atoms with Crippen molar-refractivity contribution < 1.29 is 23.8 Å². The summed E-state index contributed by atoms with van der Waals surface area (Å²) in [6, 6.07) is 0. The van der Waals surface area contributed by atoms with Crippen LogP contribution in [0.2, 0.25) is 0 Å². The fourth-order valence-electron chi connectivity index (χ4n) is 1.21. The Morgan fingerprint density at radius 3 is 2.62 bits per heavy atom. The minimum Gasteiger partial charge on any atom is -0.489 e. The summed E-state index contributed by atoms with van der Waals surface area (Å²) in [5, 5.41) is 0. The topological polar surface area (TPSA) is 61.8 Å². The van der Waals surface area contributed by atoms with Gasteiger partial charge >= 0.3 is 11.9 Å². The summed E-state index contributed by atoms with van der Waals surface area (Å²) in [4.78, 5) is 22.5. The van der Waals surface area contributed by atoms with Gasteiger partial charge in [-0.3, -0.25) is 0 Å². The van der Waals surface area contributed by atoms with Crippen molar-refractivity contribution in [2.24, 2.45) is 0 Å². The molecule has 0 saturated carbocycles. The summed E-state index contributed by atoms with van der Waals surface area (Å²) in [7, 11) is 0. The lowest BCUT2D eigenvalue weighted by molar-refractivity contribution is -0.137. The molecule has 0 amide bonds. The van der Waals surface area contributed by atoms with Crippen LogP contribution >= 0.6 is 0 Å². The smallest absolute Gasteiger partial charge is 0.343 e. The van der Waals surface area contributed by atoms with E-state index in [2.05, 4.69) is 0 Å². The summed E-state index contributed by atoms with van der Waals surface area (Å²) in [5.41, 5.74) is 0.359. The molecule has 0 aliphatic carbocycles. The standard InChI is InChI=1S/C11H14O5/c1-4-14-9(12)6-8-10(15-5-2)7(3)11(13)16-8/h6H,4-5H2,1-3H3/b8-6+. The van der Waals surface area contributed by atoms with Crippen LogP contribution in [0, 0.1) is 0 Å². The monoisotopic (exact) mass is 226 g/mol. The van der Waals surface area contributed by atoms with Gasteiger partial charge < -0.3 is 14.2 Å². The fourth-order valence-corrected chi connectivity index (χ4v) is 1.21. The van der Waals surface area contributed by atoms with Crippen molar-refractivity contribution in [3.05, 3.63) is 23.2 Å². The predicted octanol–water partition coefficient (Wildman–Crippen LogP) is 1.30. The summed E-state index contributed by atoms with van der Waals surface area (Å²) in [5.74, 6) is -0.639. The highest BCUT2D eigenvalue weighted by Crippen LogP contribution is 2.26. The third kappa shape index (κ3) is 2.62. The molecule has 1 heterocycles. The van der Waals surface area contributed by atoms with Crippen molar-refractivity contribution in [1.82, 2.24) is 0 Å². The van der Waals surface area contributed by atoms with Crippen LogP contribution in [0.1, 0.15) is 20.8 Å². The van der Waals surface area contributed by atoms with Crippen LogP contribution < -0.4 is 0 Å². The van der Waals surface area contributed by atoms with Gasteiger partial charge in [0, 0.05) is 0 Å². The highest BCUT2D eigenvalue weighted by Gasteiger charge is 2.29. The van der Waals surface area contributed by atoms with Gasteiger partial charge in [-0.1, -0.05) is 0 Å². The van der Waals surface area contributed by atoms with Gasteiger partial charge in [0.15, 0.2) is 11.5 Å². The van der Waals surface area contributed by atoms with E-state index < -0.39 is 11.9 Å². The maximum absolute atomic E-state index is 11.3. The Balaban J connectivity index is 2.90. The Labute approximate surface area is 93.7 Å². The molecule has 16 heavy (non-hydrogen) atoms. The highest BCUT2D eigenvalue weighted by molar-refractivity contribution is 5.95. The van der Waals surface area contributed by atoms with E-state index in [1.54, 1.807) is 20.8 Å². The van der Waals surface area contributed by atoms with Gasteiger partial charge in [-0.05, 0) is 20.8 Å². The van der Waals surface area contributed by atoms with E-state index in [1.165, 1.54) is 0 Å². The molecule has 0 saturated heterocycles. The Kier molecular flexibility index (Phi) is 4.10. The number of esters is 2. The maximum atomic E-state index is 11.3. The van der Waals surface area contributed by atoms with Crippen molar-refractivity contribution in [2.45, 2.75) is 20.8 Å². The van der Waals surface area contributed by atoms with Crippen molar-refractivity contribution in [2.75, 3.05) is 13.2 Å². The quantitative estimate of drug-likeness (QED) is 0.534. The molecule has 1 aliphatic rings. The van der Waals surface area contributed by atoms with E-state index in [0.29, 0.717) is 17.9 Å². The molecule has 0 bridgehead atoms. The largest absolute Gasteiger partial charge is 0.489 e. The Morgan fingerprint density at radius 2 is 2.06 bits per heavy atom. The summed E-state index contributed by atoms with van der Waals surface area (Å²) in [6.07, 6.45) is 1.11. The number of cyclic esters (lactones) is 1. The Morgan fingerprint density at radius 1 is 1.38 bits per heavy atom. The summed E-state index contributed by atoms with van der Waals surface area (Å²) >= 11 is 0. The second kappa shape index (κ2) is 5.34. The average molecular weight is 226 g/mol. The Bertz CT molecular complexity index is 365. The van der Waals surface area contributed by atoms with Crippen LogP contribution in [-0.2, 0) is 23.8 Å². The molecule has 0 fully saturated rings. The minimum absolute atomic E-state index is 0.114. The molecule has 0 radical (unpaired) electrons. The van der Waals surface area contributed by atoms with Gasteiger partial charge in [-0.15, -0.1) is 0 Å². The van der Waals surface area contributed by atoms with E-state index in [1.807, 2.05) is 0 Å². The van der Waals surface area contributed by atoms with Crippen molar-refractivity contribution in [3.8, 4) is 0 Å². The zero-order valence-electron chi connectivity index (χ0n) is 9.53. The molecule has 0 spiro atoms. The lowest BCUT2D eigenvalue weighted by Crippen LogP contribution is -2.03. The van der Waals surface area contributed by atoms with E-state index >= 15 is 0 Å². The Hall–Kier alpha value is -1.78. The number of carbonyl (C=O) groups is 2. The number of hydrogen-bond acceptors (Lipinski definition) is 5. The zero-order chi connectivity index (χ0) is 12.1. The second-order valence-electron chi connectivity index (χ2n) is 3.04. The van der Waals surface area contributed by atoms with Crippen LogP contribution in [-0.4, -0.2) is 25.2 Å². The normalized spacial score (nSPS) is 17.7. The summed E-state index contributed by atoms with van der Waals surface area (Å²) < 4.78 is 14.8. The SMILES string of the molecule is CCOC(=O)/C=C1/OC(=O)C(C)=C1OCC. The number of ether oxygens (including phenoxy) is 3. The van der Waals surface area contributed by atoms with E-state index in [9.17, 15) is 9.59 Å². The molecule has 0 unspecified atom stereocenters. The molecular weight excluding hydrogens is 212 g/mol. The van der Waals surface area contributed by atoms with Crippen molar-refractivity contribution in [1.29, 1.82) is 0 Å². The van der Waals surface area contributed by atoms with Gasteiger partial charge in [0.1, 0.15) is 0 Å². The first-order valence-corrected chi connectivity index (χ1v) is 5.04. The first-order valence-electron chi connectivity index (χ1n) is 5.04. The van der Waals surface area contributed by atoms with E-state index in [0.717, 1.165) is 6.08 Å². The molecule has 1 aliphatic heterocycles. The van der Waals surface area contributed by atoms with Gasteiger partial charge in [0.2, 0.25) is 0 Å². The third-order valence-corrected chi connectivity index (χ3v) is 1.90. The molecule has 5 heteroatoms. The van der Waals surface area contributed by atoms with Gasteiger partial charge in [0.05, 0.1) is 24.9 Å². The highest BCUT2D eigenvalue weighted by atomic mass is 16.6. The van der Waals surface area contributed by atoms with Crippen LogP contribution in [0.25, 0.3) is 0 Å². The number of rotatable bonds is 4.